The Kier molecular flexibility index (Phi) is 6.06. The van der Waals surface area contributed by atoms with Crippen molar-refractivity contribution in [2.45, 2.75) is 38.6 Å². The van der Waals surface area contributed by atoms with Crippen LogP contribution in [0.3, 0.4) is 0 Å². The number of nitrogens with one attached hydrogen (secondary N) is 1. The third-order valence-electron chi connectivity index (χ3n) is 3.67. The zero-order valence-electron chi connectivity index (χ0n) is 14.3. The van der Waals surface area contributed by atoms with Crippen molar-refractivity contribution in [3.05, 3.63) is 57.6 Å². The van der Waals surface area contributed by atoms with E-state index in [-0.39, 0.29) is 17.5 Å². The predicted octanol–water partition coefficient (Wildman–Crippen LogP) is 4.12. The maximum atomic E-state index is 12.5. The molecule has 0 aliphatic carbocycles. The van der Waals surface area contributed by atoms with Crippen LogP contribution in [0.4, 0.5) is 0 Å². The molecule has 0 saturated heterocycles. The number of rotatable bonds is 6. The molecule has 0 saturated carbocycles. The van der Waals surface area contributed by atoms with E-state index in [9.17, 15) is 8.42 Å². The summed E-state index contributed by atoms with van der Waals surface area (Å²) in [6.45, 7) is 7.78. The van der Waals surface area contributed by atoms with Crippen LogP contribution in [-0.4, -0.2) is 21.1 Å². The lowest BCUT2D eigenvalue weighted by atomic mass is 10.1. The number of aryl methyl sites for hydroxylation is 3. The van der Waals surface area contributed by atoms with E-state index in [1.54, 1.807) is 32.0 Å². The molecule has 0 bridgehead atoms. The first-order valence-corrected chi connectivity index (χ1v) is 9.96. The first-order valence-electron chi connectivity index (χ1n) is 7.68. The molecular formula is C18H22BrNO3S. The summed E-state index contributed by atoms with van der Waals surface area (Å²) in [5.41, 5.74) is 2.77. The predicted molar refractivity (Wildman–Crippen MR) is 100 cm³/mol. The normalized spacial score (nSPS) is 12.9. The Bertz CT molecular complexity index is 814. The van der Waals surface area contributed by atoms with Crippen LogP contribution in [0, 0.1) is 20.8 Å². The molecule has 6 heteroatoms. The molecular weight excluding hydrogens is 390 g/mol. The van der Waals surface area contributed by atoms with Gasteiger partial charge in [0.05, 0.1) is 10.9 Å². The minimum Gasteiger partial charge on any atom is -0.491 e. The van der Waals surface area contributed by atoms with E-state index in [1.807, 2.05) is 32.0 Å². The highest BCUT2D eigenvalue weighted by molar-refractivity contribution is 9.10. The minimum absolute atomic E-state index is 0.264. The molecule has 24 heavy (non-hydrogen) atoms. The minimum atomic E-state index is -3.58. The van der Waals surface area contributed by atoms with Crippen molar-refractivity contribution in [3.63, 3.8) is 0 Å². The van der Waals surface area contributed by atoms with Gasteiger partial charge in [-0.25, -0.2) is 13.1 Å². The molecule has 130 valence electrons. The van der Waals surface area contributed by atoms with Gasteiger partial charge in [0, 0.05) is 4.47 Å². The fourth-order valence-electron chi connectivity index (χ4n) is 2.51. The second-order valence-electron chi connectivity index (χ2n) is 5.96. The quantitative estimate of drug-likeness (QED) is 0.777. The maximum Gasteiger partial charge on any atom is 0.241 e. The molecule has 0 spiro atoms. The van der Waals surface area contributed by atoms with Crippen molar-refractivity contribution in [2.24, 2.45) is 0 Å². The van der Waals surface area contributed by atoms with Gasteiger partial charge in [-0.3, -0.25) is 0 Å². The number of hydrogen-bond acceptors (Lipinski definition) is 3. The Morgan fingerprint density at radius 1 is 1.08 bits per heavy atom. The van der Waals surface area contributed by atoms with Gasteiger partial charge < -0.3 is 4.74 Å². The summed E-state index contributed by atoms with van der Waals surface area (Å²) in [4.78, 5) is 0.282. The highest BCUT2D eigenvalue weighted by atomic mass is 79.9. The summed E-state index contributed by atoms with van der Waals surface area (Å²) in [6.07, 6.45) is 0. The van der Waals surface area contributed by atoms with Crippen LogP contribution in [0.1, 0.15) is 23.6 Å². The SMILES string of the molecule is Cc1cc(Br)ccc1S(=O)(=O)NC(C)COc1c(C)cccc1C. The van der Waals surface area contributed by atoms with Gasteiger partial charge in [-0.1, -0.05) is 34.1 Å². The summed E-state index contributed by atoms with van der Waals surface area (Å²) >= 11 is 3.34. The summed E-state index contributed by atoms with van der Waals surface area (Å²) in [5, 5.41) is 0. The van der Waals surface area contributed by atoms with E-state index in [0.717, 1.165) is 21.3 Å². The van der Waals surface area contributed by atoms with Crippen LogP contribution in [0.5, 0.6) is 5.75 Å². The first kappa shape index (κ1) is 19.0. The van der Waals surface area contributed by atoms with Gasteiger partial charge in [0.1, 0.15) is 12.4 Å². The lowest BCUT2D eigenvalue weighted by Crippen LogP contribution is -2.37. The van der Waals surface area contributed by atoms with Gasteiger partial charge in [-0.05, 0) is 62.6 Å². The molecule has 1 unspecified atom stereocenters. The largest absolute Gasteiger partial charge is 0.491 e. The van der Waals surface area contributed by atoms with E-state index in [1.165, 1.54) is 0 Å². The summed E-state index contributed by atoms with van der Waals surface area (Å²) in [7, 11) is -3.58. The van der Waals surface area contributed by atoms with Crippen LogP contribution in [0.25, 0.3) is 0 Å². The molecule has 2 rings (SSSR count). The molecule has 0 radical (unpaired) electrons. The molecule has 0 amide bonds. The van der Waals surface area contributed by atoms with Gasteiger partial charge in [-0.2, -0.15) is 0 Å². The second-order valence-corrected chi connectivity index (χ2v) is 8.56. The standard InChI is InChI=1S/C18H22BrNO3S/c1-12-6-5-7-13(2)18(12)23-11-15(4)20-24(21,22)17-9-8-16(19)10-14(17)3/h5-10,15,20H,11H2,1-4H3. The van der Waals surface area contributed by atoms with Gasteiger partial charge in [0.2, 0.25) is 10.0 Å². The average molecular weight is 412 g/mol. The molecule has 0 aliphatic rings. The zero-order chi connectivity index (χ0) is 17.9. The van der Waals surface area contributed by atoms with Crippen molar-refractivity contribution in [1.82, 2.24) is 4.72 Å². The van der Waals surface area contributed by atoms with Gasteiger partial charge in [-0.15, -0.1) is 0 Å². The Hall–Kier alpha value is -1.37. The van der Waals surface area contributed by atoms with Crippen molar-refractivity contribution in [2.75, 3.05) is 6.61 Å². The van der Waals surface area contributed by atoms with Crippen LogP contribution >= 0.6 is 15.9 Å². The molecule has 0 fully saturated rings. The number of sulfonamides is 1. The summed E-state index contributed by atoms with van der Waals surface area (Å²) in [6, 6.07) is 10.7. The topological polar surface area (TPSA) is 55.4 Å². The van der Waals surface area contributed by atoms with Gasteiger partial charge >= 0.3 is 0 Å². The smallest absolute Gasteiger partial charge is 0.241 e. The monoisotopic (exact) mass is 411 g/mol. The number of hydrogen-bond donors (Lipinski definition) is 1. The lowest BCUT2D eigenvalue weighted by Gasteiger charge is -2.18. The highest BCUT2D eigenvalue weighted by Gasteiger charge is 2.20. The van der Waals surface area contributed by atoms with Crippen LogP contribution in [-0.2, 0) is 10.0 Å². The summed E-state index contributed by atoms with van der Waals surface area (Å²) in [5.74, 6) is 0.809. The van der Waals surface area contributed by atoms with Crippen molar-refractivity contribution in [1.29, 1.82) is 0 Å². The lowest BCUT2D eigenvalue weighted by molar-refractivity contribution is 0.284. The van der Waals surface area contributed by atoms with Crippen molar-refractivity contribution in [3.8, 4) is 5.75 Å². The van der Waals surface area contributed by atoms with Crippen LogP contribution < -0.4 is 9.46 Å². The maximum absolute atomic E-state index is 12.5. The molecule has 2 aromatic rings. The molecule has 0 aromatic heterocycles. The van der Waals surface area contributed by atoms with E-state index in [4.69, 9.17) is 4.74 Å². The van der Waals surface area contributed by atoms with Crippen LogP contribution in [0.15, 0.2) is 45.8 Å². The fourth-order valence-corrected chi connectivity index (χ4v) is 4.44. The summed E-state index contributed by atoms with van der Waals surface area (Å²) < 4.78 is 34.4. The third kappa shape index (κ3) is 4.59. The fraction of sp³-hybridized carbons (Fsp3) is 0.333. The van der Waals surface area contributed by atoms with Crippen LogP contribution in [0.2, 0.25) is 0 Å². The molecule has 4 nitrogen and oxygen atoms in total. The highest BCUT2D eigenvalue weighted by Crippen LogP contribution is 2.23. The Morgan fingerprint density at radius 3 is 2.29 bits per heavy atom. The van der Waals surface area contributed by atoms with E-state index in [2.05, 4.69) is 20.7 Å². The van der Waals surface area contributed by atoms with E-state index < -0.39 is 10.0 Å². The third-order valence-corrected chi connectivity index (χ3v) is 5.91. The molecule has 1 N–H and O–H groups in total. The first-order chi connectivity index (χ1) is 11.2. The number of halogens is 1. The number of ether oxygens (including phenoxy) is 1. The average Bonchev–Trinajstić information content (AvgIpc) is 2.45. The molecule has 1 atom stereocenters. The number of benzene rings is 2. The number of para-hydroxylation sites is 1. The second kappa shape index (κ2) is 7.68. The Labute approximate surface area is 152 Å². The van der Waals surface area contributed by atoms with E-state index in [0.29, 0.717) is 5.56 Å². The molecule has 0 heterocycles. The Morgan fingerprint density at radius 2 is 1.71 bits per heavy atom. The molecule has 2 aromatic carbocycles. The van der Waals surface area contributed by atoms with E-state index >= 15 is 0 Å². The molecule has 0 aliphatic heterocycles. The van der Waals surface area contributed by atoms with Gasteiger partial charge in [0.15, 0.2) is 0 Å². The zero-order valence-corrected chi connectivity index (χ0v) is 16.7. The van der Waals surface area contributed by atoms with Crippen molar-refractivity contribution < 1.29 is 13.2 Å². The Balaban J connectivity index is 2.07. The van der Waals surface area contributed by atoms with Gasteiger partial charge in [0.25, 0.3) is 0 Å². The van der Waals surface area contributed by atoms with Crippen molar-refractivity contribution >= 4 is 26.0 Å².